The lowest BCUT2D eigenvalue weighted by Gasteiger charge is -2.15. The summed E-state index contributed by atoms with van der Waals surface area (Å²) < 4.78 is 26.7. The molecule has 0 heterocycles. The molecule has 0 spiro atoms. The monoisotopic (exact) mass is 233 g/mol. The normalized spacial score (nSPS) is 17.9. The molecule has 2 nitrogen and oxygen atoms in total. The number of hydrogen-bond donors (Lipinski definition) is 2. The maximum absolute atomic E-state index is 13.5. The molecule has 1 fully saturated rings. The molecule has 0 radical (unpaired) electrons. The average Bonchev–Trinajstić information content (AvgIpc) is 3.01. The Hall–Kier alpha value is -0.870. The smallest absolute Gasteiger partial charge is 0.202 e. The standard InChI is InChI=1S/C10H10ClF2NO/c11-6-3-5(10(4-14)1-2-10)7(12)8(13)9(6)15/h3,15H,1-2,4,14H2. The van der Waals surface area contributed by atoms with Crippen LogP contribution < -0.4 is 5.73 Å². The van der Waals surface area contributed by atoms with Gasteiger partial charge < -0.3 is 10.8 Å². The molecule has 1 aromatic rings. The molecule has 1 aliphatic carbocycles. The van der Waals surface area contributed by atoms with Crippen LogP contribution in [0.4, 0.5) is 8.78 Å². The molecule has 0 unspecified atom stereocenters. The van der Waals surface area contributed by atoms with Crippen molar-refractivity contribution in [2.75, 3.05) is 6.54 Å². The van der Waals surface area contributed by atoms with Crippen molar-refractivity contribution in [1.82, 2.24) is 0 Å². The van der Waals surface area contributed by atoms with Crippen molar-refractivity contribution in [3.63, 3.8) is 0 Å². The molecule has 15 heavy (non-hydrogen) atoms. The van der Waals surface area contributed by atoms with Gasteiger partial charge in [0.2, 0.25) is 5.82 Å². The molecule has 1 aromatic carbocycles. The highest BCUT2D eigenvalue weighted by atomic mass is 35.5. The first-order chi connectivity index (χ1) is 7.02. The molecule has 0 aromatic heterocycles. The second-order valence-corrected chi connectivity index (χ2v) is 4.27. The number of phenols is 1. The maximum atomic E-state index is 13.5. The van der Waals surface area contributed by atoms with Gasteiger partial charge in [-0.1, -0.05) is 11.6 Å². The Morgan fingerprint density at radius 2 is 2.00 bits per heavy atom. The molecule has 0 saturated heterocycles. The second kappa shape index (κ2) is 3.32. The first-order valence-electron chi connectivity index (χ1n) is 4.59. The Labute approximate surface area is 90.7 Å². The summed E-state index contributed by atoms with van der Waals surface area (Å²) in [4.78, 5) is 0. The van der Waals surface area contributed by atoms with E-state index in [1.54, 1.807) is 0 Å². The van der Waals surface area contributed by atoms with E-state index in [2.05, 4.69) is 0 Å². The Morgan fingerprint density at radius 1 is 1.40 bits per heavy atom. The van der Waals surface area contributed by atoms with Gasteiger partial charge in [-0.25, -0.2) is 4.39 Å². The van der Waals surface area contributed by atoms with Gasteiger partial charge in [0.05, 0.1) is 5.02 Å². The summed E-state index contributed by atoms with van der Waals surface area (Å²) in [5.41, 5.74) is 5.20. The van der Waals surface area contributed by atoms with Crippen LogP contribution >= 0.6 is 11.6 Å². The molecule has 1 aliphatic rings. The Morgan fingerprint density at radius 3 is 2.47 bits per heavy atom. The van der Waals surface area contributed by atoms with Crippen LogP contribution in [-0.4, -0.2) is 11.7 Å². The fraction of sp³-hybridized carbons (Fsp3) is 0.400. The molecule has 0 bridgehead atoms. The topological polar surface area (TPSA) is 46.2 Å². The first kappa shape index (κ1) is 10.6. The first-order valence-corrected chi connectivity index (χ1v) is 4.96. The van der Waals surface area contributed by atoms with Gasteiger partial charge in [-0.05, 0) is 18.9 Å². The molecule has 82 valence electrons. The SMILES string of the molecule is NCC1(c2cc(Cl)c(O)c(F)c2F)CC1. The van der Waals surface area contributed by atoms with Crippen LogP contribution in [0, 0.1) is 11.6 Å². The number of phenolic OH excluding ortho intramolecular Hbond substituents is 1. The van der Waals surface area contributed by atoms with E-state index in [1.165, 1.54) is 6.07 Å². The van der Waals surface area contributed by atoms with Gasteiger partial charge in [-0.15, -0.1) is 0 Å². The summed E-state index contributed by atoms with van der Waals surface area (Å²) in [7, 11) is 0. The van der Waals surface area contributed by atoms with Crippen molar-refractivity contribution in [1.29, 1.82) is 0 Å². The number of aromatic hydroxyl groups is 1. The highest BCUT2D eigenvalue weighted by Crippen LogP contribution is 2.50. The van der Waals surface area contributed by atoms with E-state index >= 15 is 0 Å². The lowest BCUT2D eigenvalue weighted by atomic mass is 9.95. The van der Waals surface area contributed by atoms with Gasteiger partial charge in [0.15, 0.2) is 11.6 Å². The minimum Gasteiger partial charge on any atom is -0.504 e. The molecular formula is C10H10ClF2NO. The molecular weight excluding hydrogens is 224 g/mol. The number of rotatable bonds is 2. The molecule has 2 rings (SSSR count). The van der Waals surface area contributed by atoms with Crippen LogP contribution in [0.25, 0.3) is 0 Å². The zero-order chi connectivity index (χ0) is 11.2. The largest absolute Gasteiger partial charge is 0.504 e. The van der Waals surface area contributed by atoms with E-state index in [9.17, 15) is 8.78 Å². The van der Waals surface area contributed by atoms with Crippen molar-refractivity contribution < 1.29 is 13.9 Å². The van der Waals surface area contributed by atoms with Gasteiger partial charge in [0.1, 0.15) is 0 Å². The molecule has 0 atom stereocenters. The van der Waals surface area contributed by atoms with E-state index in [4.69, 9.17) is 22.4 Å². The van der Waals surface area contributed by atoms with Gasteiger partial charge >= 0.3 is 0 Å². The van der Waals surface area contributed by atoms with Crippen LogP contribution in [0.15, 0.2) is 6.07 Å². The predicted octanol–water partition coefficient (Wildman–Crippen LogP) is 2.31. The zero-order valence-corrected chi connectivity index (χ0v) is 8.61. The van der Waals surface area contributed by atoms with Crippen molar-refractivity contribution in [3.05, 3.63) is 28.3 Å². The maximum Gasteiger partial charge on any atom is 0.202 e. The third kappa shape index (κ3) is 1.48. The van der Waals surface area contributed by atoms with Crippen LogP contribution in [0.5, 0.6) is 5.75 Å². The minimum atomic E-state index is -1.29. The number of nitrogens with two attached hydrogens (primary N) is 1. The van der Waals surface area contributed by atoms with Crippen LogP contribution in [-0.2, 0) is 5.41 Å². The Bertz CT molecular complexity index is 418. The molecule has 5 heteroatoms. The lowest BCUT2D eigenvalue weighted by Crippen LogP contribution is -2.21. The summed E-state index contributed by atoms with van der Waals surface area (Å²) in [5, 5.41) is 8.92. The predicted molar refractivity (Wildman–Crippen MR) is 53.0 cm³/mol. The van der Waals surface area contributed by atoms with E-state index in [1.807, 2.05) is 0 Å². The van der Waals surface area contributed by atoms with E-state index in [0.29, 0.717) is 0 Å². The summed E-state index contributed by atoms with van der Waals surface area (Å²) in [6, 6.07) is 1.26. The van der Waals surface area contributed by atoms with Crippen LogP contribution in [0.2, 0.25) is 5.02 Å². The van der Waals surface area contributed by atoms with Crippen LogP contribution in [0.3, 0.4) is 0 Å². The molecule has 1 saturated carbocycles. The zero-order valence-electron chi connectivity index (χ0n) is 7.86. The lowest BCUT2D eigenvalue weighted by molar-refractivity contribution is 0.400. The highest BCUT2D eigenvalue weighted by Gasteiger charge is 2.46. The van der Waals surface area contributed by atoms with E-state index in [0.717, 1.165) is 12.8 Å². The third-order valence-electron chi connectivity index (χ3n) is 2.95. The number of halogens is 3. The number of benzene rings is 1. The van der Waals surface area contributed by atoms with Crippen molar-refractivity contribution in [2.45, 2.75) is 18.3 Å². The molecule has 0 amide bonds. The summed E-state index contributed by atoms with van der Waals surface area (Å²) in [6.07, 6.45) is 1.45. The fourth-order valence-corrected chi connectivity index (χ4v) is 1.90. The number of hydrogen-bond acceptors (Lipinski definition) is 2. The summed E-state index contributed by atoms with van der Waals surface area (Å²) >= 11 is 5.58. The highest BCUT2D eigenvalue weighted by molar-refractivity contribution is 6.32. The Kier molecular flexibility index (Phi) is 2.35. The van der Waals surface area contributed by atoms with Gasteiger partial charge in [-0.3, -0.25) is 0 Å². The molecule has 3 N–H and O–H groups in total. The third-order valence-corrected chi connectivity index (χ3v) is 3.24. The van der Waals surface area contributed by atoms with Crippen LogP contribution in [0.1, 0.15) is 18.4 Å². The van der Waals surface area contributed by atoms with E-state index < -0.39 is 22.8 Å². The van der Waals surface area contributed by atoms with Crippen molar-refractivity contribution in [3.8, 4) is 5.75 Å². The van der Waals surface area contributed by atoms with Gasteiger partial charge in [-0.2, -0.15) is 4.39 Å². The van der Waals surface area contributed by atoms with Gasteiger partial charge in [0.25, 0.3) is 0 Å². The minimum absolute atomic E-state index is 0.172. The second-order valence-electron chi connectivity index (χ2n) is 3.87. The summed E-state index contributed by atoms with van der Waals surface area (Å²) in [6.45, 7) is 0.254. The van der Waals surface area contributed by atoms with Crippen molar-refractivity contribution in [2.24, 2.45) is 5.73 Å². The quantitative estimate of drug-likeness (QED) is 0.770. The Balaban J connectivity index is 2.58. The molecule has 0 aliphatic heterocycles. The fourth-order valence-electron chi connectivity index (χ4n) is 1.71. The van der Waals surface area contributed by atoms with Crippen molar-refractivity contribution >= 4 is 11.6 Å². The van der Waals surface area contributed by atoms with E-state index in [-0.39, 0.29) is 17.1 Å². The van der Waals surface area contributed by atoms with Gasteiger partial charge in [0, 0.05) is 17.5 Å². The average molecular weight is 234 g/mol. The summed E-state index contributed by atoms with van der Waals surface area (Å²) in [5.74, 6) is -3.18.